The molecule has 2 saturated carbocycles. The third kappa shape index (κ3) is 0.737. The summed E-state index contributed by atoms with van der Waals surface area (Å²) in [6, 6.07) is 0. The second-order valence-corrected chi connectivity index (χ2v) is 3.61. The molecule has 0 aromatic carbocycles. The molecule has 2 aliphatic rings. The first kappa shape index (κ1) is 6.83. The molecule has 11 heavy (non-hydrogen) atoms. The molecule has 0 radical (unpaired) electrons. The fraction of sp³-hybridized carbons (Fsp3) is 0.750. The Labute approximate surface area is 64.4 Å². The number of carboxylic acid groups (broad SMARTS) is 1. The van der Waals surface area contributed by atoms with E-state index in [1.165, 1.54) is 0 Å². The van der Waals surface area contributed by atoms with Crippen LogP contribution in [0.1, 0.15) is 13.3 Å². The van der Waals surface area contributed by atoms with E-state index in [9.17, 15) is 9.59 Å². The van der Waals surface area contributed by atoms with Gasteiger partial charge in [0.25, 0.3) is 0 Å². The molecule has 2 aliphatic carbocycles. The van der Waals surface area contributed by atoms with Crippen molar-refractivity contribution in [2.45, 2.75) is 13.3 Å². The van der Waals surface area contributed by atoms with Crippen LogP contribution in [0.2, 0.25) is 0 Å². The van der Waals surface area contributed by atoms with Gasteiger partial charge in [0.1, 0.15) is 5.78 Å². The Morgan fingerprint density at radius 1 is 1.64 bits per heavy atom. The van der Waals surface area contributed by atoms with Crippen LogP contribution in [0, 0.1) is 23.7 Å². The minimum Gasteiger partial charge on any atom is -0.481 e. The first-order valence-electron chi connectivity index (χ1n) is 3.88. The lowest BCUT2D eigenvalue weighted by atomic mass is 10.0. The number of ketones is 1. The number of fused-ring (bicyclic) bond motifs is 1. The normalized spacial score (nSPS) is 47.2. The SMILES string of the molecule is CC1CC(=O)C2C(C(=O)O)C12. The molecule has 2 fully saturated rings. The number of carbonyl (C=O) groups is 2. The molecule has 3 heteroatoms. The second kappa shape index (κ2) is 1.84. The van der Waals surface area contributed by atoms with Crippen molar-refractivity contribution in [3.8, 4) is 0 Å². The lowest BCUT2D eigenvalue weighted by Crippen LogP contribution is -2.11. The van der Waals surface area contributed by atoms with Crippen molar-refractivity contribution in [3.05, 3.63) is 0 Å². The van der Waals surface area contributed by atoms with E-state index in [-0.39, 0.29) is 23.5 Å². The Hall–Kier alpha value is -0.860. The van der Waals surface area contributed by atoms with Gasteiger partial charge in [-0.15, -0.1) is 0 Å². The van der Waals surface area contributed by atoms with Crippen molar-refractivity contribution >= 4 is 11.8 Å². The number of rotatable bonds is 1. The molecule has 4 atom stereocenters. The van der Waals surface area contributed by atoms with E-state index in [4.69, 9.17) is 5.11 Å². The third-order valence-electron chi connectivity index (χ3n) is 2.91. The monoisotopic (exact) mass is 154 g/mol. The van der Waals surface area contributed by atoms with Crippen LogP contribution in [0.25, 0.3) is 0 Å². The molecule has 0 aliphatic heterocycles. The van der Waals surface area contributed by atoms with Crippen molar-refractivity contribution < 1.29 is 14.7 Å². The maximum absolute atomic E-state index is 11.1. The van der Waals surface area contributed by atoms with E-state index in [1.807, 2.05) is 6.92 Å². The summed E-state index contributed by atoms with van der Waals surface area (Å²) in [5.74, 6) is -0.628. The maximum atomic E-state index is 11.1. The van der Waals surface area contributed by atoms with Gasteiger partial charge in [-0.05, 0) is 11.8 Å². The summed E-state index contributed by atoms with van der Waals surface area (Å²) in [5, 5.41) is 8.64. The smallest absolute Gasteiger partial charge is 0.307 e. The quantitative estimate of drug-likeness (QED) is 0.599. The van der Waals surface area contributed by atoms with E-state index in [0.29, 0.717) is 12.3 Å². The van der Waals surface area contributed by atoms with Crippen LogP contribution in [-0.2, 0) is 9.59 Å². The van der Waals surface area contributed by atoms with Gasteiger partial charge in [0.05, 0.1) is 5.92 Å². The topological polar surface area (TPSA) is 54.4 Å². The second-order valence-electron chi connectivity index (χ2n) is 3.61. The molecule has 0 aromatic rings. The van der Waals surface area contributed by atoms with Gasteiger partial charge in [-0.3, -0.25) is 9.59 Å². The molecular weight excluding hydrogens is 144 g/mol. The zero-order valence-electron chi connectivity index (χ0n) is 6.28. The Balaban J connectivity index is 2.16. The number of Topliss-reactive ketones (excluding diaryl/α,β-unsaturated/α-hetero) is 1. The van der Waals surface area contributed by atoms with Crippen LogP contribution in [0.4, 0.5) is 0 Å². The summed E-state index contributed by atoms with van der Waals surface area (Å²) in [7, 11) is 0. The molecule has 1 N–H and O–H groups in total. The molecular formula is C8H10O3. The predicted octanol–water partition coefficient (Wildman–Crippen LogP) is 0.542. The van der Waals surface area contributed by atoms with Crippen molar-refractivity contribution in [2.75, 3.05) is 0 Å². The van der Waals surface area contributed by atoms with Gasteiger partial charge < -0.3 is 5.11 Å². The Bertz CT molecular complexity index is 229. The van der Waals surface area contributed by atoms with Crippen molar-refractivity contribution in [1.82, 2.24) is 0 Å². The summed E-state index contributed by atoms with van der Waals surface area (Å²) in [4.78, 5) is 21.6. The zero-order chi connectivity index (χ0) is 8.17. The molecule has 0 amide bonds. The van der Waals surface area contributed by atoms with E-state index >= 15 is 0 Å². The summed E-state index contributed by atoms with van der Waals surface area (Å²) in [5.41, 5.74) is 0. The van der Waals surface area contributed by atoms with Gasteiger partial charge in [0, 0.05) is 12.3 Å². The first-order valence-corrected chi connectivity index (χ1v) is 3.88. The lowest BCUT2D eigenvalue weighted by Gasteiger charge is -2.02. The van der Waals surface area contributed by atoms with Crippen LogP contribution in [-0.4, -0.2) is 16.9 Å². The standard InChI is InChI=1S/C8H10O3/c1-3-2-4(9)6-5(3)7(6)8(10)11/h3,5-7H,2H2,1H3,(H,10,11). The molecule has 0 spiro atoms. The van der Waals surface area contributed by atoms with Gasteiger partial charge >= 0.3 is 5.97 Å². The van der Waals surface area contributed by atoms with Gasteiger partial charge in [0.2, 0.25) is 0 Å². The highest BCUT2D eigenvalue weighted by atomic mass is 16.4. The summed E-state index contributed by atoms with van der Waals surface area (Å²) < 4.78 is 0. The molecule has 3 nitrogen and oxygen atoms in total. The van der Waals surface area contributed by atoms with Gasteiger partial charge in [-0.2, -0.15) is 0 Å². The van der Waals surface area contributed by atoms with Crippen LogP contribution < -0.4 is 0 Å². The van der Waals surface area contributed by atoms with Crippen LogP contribution in [0.3, 0.4) is 0 Å². The fourth-order valence-electron chi connectivity index (χ4n) is 2.37. The Morgan fingerprint density at radius 2 is 2.27 bits per heavy atom. The van der Waals surface area contributed by atoms with E-state index in [1.54, 1.807) is 0 Å². The van der Waals surface area contributed by atoms with Crippen LogP contribution >= 0.6 is 0 Å². The minimum absolute atomic E-state index is 0.123. The zero-order valence-corrected chi connectivity index (χ0v) is 6.28. The average Bonchev–Trinajstić information content (AvgIpc) is 2.53. The number of hydrogen-bond donors (Lipinski definition) is 1. The largest absolute Gasteiger partial charge is 0.481 e. The van der Waals surface area contributed by atoms with Crippen molar-refractivity contribution in [3.63, 3.8) is 0 Å². The Kier molecular flexibility index (Phi) is 1.14. The molecule has 0 saturated heterocycles. The molecule has 0 aromatic heterocycles. The first-order chi connectivity index (χ1) is 5.13. The lowest BCUT2D eigenvalue weighted by molar-refractivity contribution is -0.140. The van der Waals surface area contributed by atoms with Gasteiger partial charge in [-0.1, -0.05) is 6.92 Å². The molecule has 0 heterocycles. The molecule has 4 unspecified atom stereocenters. The number of carboxylic acids is 1. The van der Waals surface area contributed by atoms with Crippen LogP contribution in [0.15, 0.2) is 0 Å². The third-order valence-corrected chi connectivity index (χ3v) is 2.91. The van der Waals surface area contributed by atoms with Gasteiger partial charge in [0.15, 0.2) is 0 Å². The molecule has 0 bridgehead atoms. The van der Waals surface area contributed by atoms with E-state index < -0.39 is 5.97 Å². The predicted molar refractivity (Wildman–Crippen MR) is 36.9 cm³/mol. The van der Waals surface area contributed by atoms with Crippen LogP contribution in [0.5, 0.6) is 0 Å². The van der Waals surface area contributed by atoms with E-state index in [0.717, 1.165) is 0 Å². The summed E-state index contributed by atoms with van der Waals surface area (Å²) in [6.07, 6.45) is 0.596. The minimum atomic E-state index is -0.792. The number of aliphatic carboxylic acids is 1. The van der Waals surface area contributed by atoms with Gasteiger partial charge in [-0.25, -0.2) is 0 Å². The maximum Gasteiger partial charge on any atom is 0.307 e. The number of carbonyl (C=O) groups excluding carboxylic acids is 1. The highest BCUT2D eigenvalue weighted by Crippen LogP contribution is 2.58. The summed E-state index contributed by atoms with van der Waals surface area (Å²) in [6.45, 7) is 1.96. The van der Waals surface area contributed by atoms with E-state index in [2.05, 4.69) is 0 Å². The molecule has 60 valence electrons. The average molecular weight is 154 g/mol. The Morgan fingerprint density at radius 3 is 2.55 bits per heavy atom. The van der Waals surface area contributed by atoms with Crippen molar-refractivity contribution in [2.24, 2.45) is 23.7 Å². The highest BCUT2D eigenvalue weighted by molar-refractivity contribution is 5.94. The highest BCUT2D eigenvalue weighted by Gasteiger charge is 2.64. The molecule has 2 rings (SSSR count). The number of hydrogen-bond acceptors (Lipinski definition) is 2. The van der Waals surface area contributed by atoms with Crippen molar-refractivity contribution in [1.29, 1.82) is 0 Å². The fourth-order valence-corrected chi connectivity index (χ4v) is 2.37. The summed E-state index contributed by atoms with van der Waals surface area (Å²) >= 11 is 0.